The smallest absolute Gasteiger partial charge is 0.124 e. The molecule has 3 rings (SSSR count). The summed E-state index contributed by atoms with van der Waals surface area (Å²) < 4.78 is 0. The molecule has 0 N–H and O–H groups in total. The fourth-order valence-corrected chi connectivity index (χ4v) is 4.63. The van der Waals surface area contributed by atoms with Crippen molar-refractivity contribution >= 4 is 6.29 Å². The molecule has 1 aromatic rings. The molecule has 2 aliphatic carbocycles. The van der Waals surface area contributed by atoms with Gasteiger partial charge in [-0.2, -0.15) is 0 Å². The molecule has 0 amide bonds. The Morgan fingerprint density at radius 1 is 1.15 bits per heavy atom. The van der Waals surface area contributed by atoms with E-state index in [0.717, 1.165) is 11.8 Å². The lowest BCUT2D eigenvalue weighted by atomic mass is 9.89. The predicted molar refractivity (Wildman–Crippen MR) is 81.5 cm³/mol. The maximum Gasteiger partial charge on any atom is 0.124 e. The fourth-order valence-electron chi connectivity index (χ4n) is 4.63. The van der Waals surface area contributed by atoms with Crippen LogP contribution in [0.25, 0.3) is 0 Å². The van der Waals surface area contributed by atoms with Gasteiger partial charge in [0.05, 0.1) is 0 Å². The van der Waals surface area contributed by atoms with Crippen molar-refractivity contribution in [3.63, 3.8) is 0 Å². The van der Waals surface area contributed by atoms with E-state index < -0.39 is 0 Å². The molecule has 2 fully saturated rings. The van der Waals surface area contributed by atoms with Crippen LogP contribution in [0.2, 0.25) is 0 Å². The van der Waals surface area contributed by atoms with Gasteiger partial charge in [-0.1, -0.05) is 30.3 Å². The molecule has 0 saturated heterocycles. The number of nitrogens with zero attached hydrogens (tertiary/aromatic N) is 1. The molecule has 5 atom stereocenters. The molecule has 0 heterocycles. The molecule has 20 heavy (non-hydrogen) atoms. The van der Waals surface area contributed by atoms with Crippen LogP contribution in [0.3, 0.4) is 0 Å². The van der Waals surface area contributed by atoms with Crippen molar-refractivity contribution in [3.05, 3.63) is 35.9 Å². The second-order valence-corrected chi connectivity index (χ2v) is 6.93. The normalized spacial score (nSPS) is 36.2. The Balaban J connectivity index is 1.65. The number of hydrogen-bond acceptors (Lipinski definition) is 2. The SMILES string of the molecule is CN(C)C1CC2CC(Cc3ccccc3)CC2C1C=O. The minimum atomic E-state index is 0.260. The van der Waals surface area contributed by atoms with Crippen LogP contribution in [0, 0.1) is 23.7 Å². The zero-order valence-corrected chi connectivity index (χ0v) is 12.5. The van der Waals surface area contributed by atoms with Gasteiger partial charge in [-0.3, -0.25) is 0 Å². The van der Waals surface area contributed by atoms with Gasteiger partial charge in [0.25, 0.3) is 0 Å². The van der Waals surface area contributed by atoms with E-state index in [1.54, 1.807) is 0 Å². The minimum absolute atomic E-state index is 0.260. The number of carbonyl (C=O) groups excluding carboxylic acids is 1. The van der Waals surface area contributed by atoms with Gasteiger partial charge >= 0.3 is 0 Å². The molecule has 0 bridgehead atoms. The highest BCUT2D eigenvalue weighted by molar-refractivity contribution is 5.56. The van der Waals surface area contributed by atoms with Crippen molar-refractivity contribution in [2.75, 3.05) is 14.1 Å². The summed E-state index contributed by atoms with van der Waals surface area (Å²) in [6.07, 6.45) is 6.19. The van der Waals surface area contributed by atoms with Crippen LogP contribution in [0.15, 0.2) is 30.3 Å². The average molecular weight is 271 g/mol. The van der Waals surface area contributed by atoms with E-state index in [4.69, 9.17) is 0 Å². The first-order valence-electron chi connectivity index (χ1n) is 7.84. The van der Waals surface area contributed by atoms with E-state index in [1.165, 1.54) is 37.5 Å². The molecule has 2 aliphatic rings. The Kier molecular flexibility index (Phi) is 3.93. The minimum Gasteiger partial charge on any atom is -0.306 e. The van der Waals surface area contributed by atoms with Gasteiger partial charge in [-0.25, -0.2) is 0 Å². The second kappa shape index (κ2) is 5.69. The molecule has 0 aliphatic heterocycles. The van der Waals surface area contributed by atoms with Gasteiger partial charge in [0.15, 0.2) is 0 Å². The molecule has 1 aromatic carbocycles. The van der Waals surface area contributed by atoms with Gasteiger partial charge in [0.2, 0.25) is 0 Å². The molecule has 0 aromatic heterocycles. The lowest BCUT2D eigenvalue weighted by Crippen LogP contribution is -2.34. The number of hydrogen-bond donors (Lipinski definition) is 0. The topological polar surface area (TPSA) is 20.3 Å². The summed E-state index contributed by atoms with van der Waals surface area (Å²) >= 11 is 0. The van der Waals surface area contributed by atoms with Gasteiger partial charge < -0.3 is 9.69 Å². The van der Waals surface area contributed by atoms with Gasteiger partial charge in [-0.15, -0.1) is 0 Å². The van der Waals surface area contributed by atoms with Crippen LogP contribution in [0.4, 0.5) is 0 Å². The molecule has 2 nitrogen and oxygen atoms in total. The summed E-state index contributed by atoms with van der Waals surface area (Å²) in [5.74, 6) is 2.44. The quantitative estimate of drug-likeness (QED) is 0.785. The van der Waals surface area contributed by atoms with E-state index in [0.29, 0.717) is 12.0 Å². The van der Waals surface area contributed by atoms with E-state index in [9.17, 15) is 4.79 Å². The van der Waals surface area contributed by atoms with Gasteiger partial charge in [0.1, 0.15) is 6.29 Å². The number of carbonyl (C=O) groups is 1. The van der Waals surface area contributed by atoms with Crippen molar-refractivity contribution in [1.82, 2.24) is 4.90 Å². The summed E-state index contributed by atoms with van der Waals surface area (Å²) in [7, 11) is 4.23. The van der Waals surface area contributed by atoms with Crippen molar-refractivity contribution in [1.29, 1.82) is 0 Å². The molecule has 0 radical (unpaired) electrons. The zero-order valence-electron chi connectivity index (χ0n) is 12.5. The van der Waals surface area contributed by atoms with Crippen molar-refractivity contribution < 1.29 is 4.79 Å². The maximum atomic E-state index is 11.5. The fraction of sp³-hybridized carbons (Fsp3) is 0.611. The van der Waals surface area contributed by atoms with Crippen molar-refractivity contribution in [2.45, 2.75) is 31.7 Å². The first-order valence-corrected chi connectivity index (χ1v) is 7.84. The van der Waals surface area contributed by atoms with Crippen LogP contribution >= 0.6 is 0 Å². The van der Waals surface area contributed by atoms with Crippen molar-refractivity contribution in [3.8, 4) is 0 Å². The average Bonchev–Trinajstić information content (AvgIpc) is 2.96. The standard InChI is InChI=1S/C18H25NO/c1-19(2)18-11-15-9-14(10-16(15)17(18)12-20)8-13-6-4-3-5-7-13/h3-7,12,14-18H,8-11H2,1-2H3. The number of benzene rings is 1. The van der Waals surface area contributed by atoms with Crippen LogP contribution in [-0.2, 0) is 11.2 Å². The predicted octanol–water partition coefficient (Wildman–Crippen LogP) is 3.02. The first-order chi connectivity index (χ1) is 9.69. The highest BCUT2D eigenvalue weighted by Gasteiger charge is 2.48. The van der Waals surface area contributed by atoms with E-state index >= 15 is 0 Å². The Hall–Kier alpha value is -1.15. The zero-order chi connectivity index (χ0) is 14.1. The molecule has 2 heteroatoms. The highest BCUT2D eigenvalue weighted by atomic mass is 16.1. The van der Waals surface area contributed by atoms with Gasteiger partial charge in [-0.05, 0) is 63.1 Å². The summed E-state index contributed by atoms with van der Waals surface area (Å²) in [6.45, 7) is 0. The van der Waals surface area contributed by atoms with Crippen LogP contribution in [0.1, 0.15) is 24.8 Å². The molecule has 0 spiro atoms. The number of fused-ring (bicyclic) bond motifs is 1. The maximum absolute atomic E-state index is 11.5. The monoisotopic (exact) mass is 271 g/mol. The summed E-state index contributed by atoms with van der Waals surface area (Å²) in [5.41, 5.74) is 1.45. The summed E-state index contributed by atoms with van der Waals surface area (Å²) in [4.78, 5) is 13.8. The van der Waals surface area contributed by atoms with E-state index in [1.807, 2.05) is 0 Å². The van der Waals surface area contributed by atoms with E-state index in [-0.39, 0.29) is 5.92 Å². The third-order valence-electron chi connectivity index (χ3n) is 5.52. The molecule has 2 saturated carbocycles. The Labute approximate surface area is 122 Å². The lowest BCUT2D eigenvalue weighted by molar-refractivity contribution is -0.113. The third-order valence-corrected chi connectivity index (χ3v) is 5.52. The van der Waals surface area contributed by atoms with Crippen LogP contribution < -0.4 is 0 Å². The summed E-state index contributed by atoms with van der Waals surface area (Å²) in [5, 5.41) is 0. The largest absolute Gasteiger partial charge is 0.306 e. The molecular formula is C18H25NO. The molecule has 108 valence electrons. The van der Waals surface area contributed by atoms with Crippen molar-refractivity contribution in [2.24, 2.45) is 23.7 Å². The van der Waals surface area contributed by atoms with E-state index in [2.05, 4.69) is 49.3 Å². The third kappa shape index (κ3) is 2.54. The highest BCUT2D eigenvalue weighted by Crippen LogP contribution is 2.51. The number of rotatable bonds is 4. The summed E-state index contributed by atoms with van der Waals surface area (Å²) in [6, 6.07) is 11.3. The van der Waals surface area contributed by atoms with Gasteiger partial charge in [0, 0.05) is 12.0 Å². The Morgan fingerprint density at radius 2 is 1.90 bits per heavy atom. The second-order valence-electron chi connectivity index (χ2n) is 6.93. The van der Waals surface area contributed by atoms with Crippen LogP contribution in [-0.4, -0.2) is 31.3 Å². The Morgan fingerprint density at radius 3 is 2.55 bits per heavy atom. The Bertz CT molecular complexity index is 456. The first kappa shape index (κ1) is 13.8. The molecular weight excluding hydrogens is 246 g/mol. The van der Waals surface area contributed by atoms with Crippen LogP contribution in [0.5, 0.6) is 0 Å². The number of aldehydes is 1. The molecule has 5 unspecified atom stereocenters. The lowest BCUT2D eigenvalue weighted by Gasteiger charge is -2.26.